The number of carbonyl (C=O) groups is 1. The molecule has 2 atom stereocenters. The molecular weight excluding hydrogens is 212 g/mol. The zero-order valence-electron chi connectivity index (χ0n) is 11.8. The summed E-state index contributed by atoms with van der Waals surface area (Å²) in [5.74, 6) is 0.444. The van der Waals surface area contributed by atoms with Crippen LogP contribution >= 0.6 is 0 Å². The molecule has 2 rings (SSSR count). The van der Waals surface area contributed by atoms with E-state index in [1.807, 2.05) is 0 Å². The average Bonchev–Trinajstić information content (AvgIpc) is 2.56. The van der Waals surface area contributed by atoms with Crippen molar-refractivity contribution in [2.75, 3.05) is 6.54 Å². The second-order valence-electron chi connectivity index (χ2n) is 6.96. The fourth-order valence-corrected chi connectivity index (χ4v) is 3.40. The van der Waals surface area contributed by atoms with Crippen LogP contribution in [0.5, 0.6) is 0 Å². The van der Waals surface area contributed by atoms with Crippen LogP contribution in [-0.4, -0.2) is 24.5 Å². The number of piperidine rings is 1. The standard InChI is InChI=1S/C14H26N2O/c1-9-8-10(6-7-15-9)16-12(17)11-13(2,3)14(11,4)5/h9-11,15H,6-8H2,1-5H3,(H,16,17). The molecule has 0 spiro atoms. The Labute approximate surface area is 105 Å². The van der Waals surface area contributed by atoms with E-state index in [-0.39, 0.29) is 22.7 Å². The van der Waals surface area contributed by atoms with Gasteiger partial charge >= 0.3 is 0 Å². The topological polar surface area (TPSA) is 41.1 Å². The van der Waals surface area contributed by atoms with E-state index in [1.165, 1.54) is 0 Å². The van der Waals surface area contributed by atoms with Gasteiger partial charge in [0.25, 0.3) is 0 Å². The molecule has 0 bridgehead atoms. The van der Waals surface area contributed by atoms with Gasteiger partial charge in [-0.2, -0.15) is 0 Å². The van der Waals surface area contributed by atoms with Gasteiger partial charge in [-0.25, -0.2) is 0 Å². The number of carbonyl (C=O) groups excluding carboxylic acids is 1. The Balaban J connectivity index is 1.91. The van der Waals surface area contributed by atoms with Gasteiger partial charge in [0.15, 0.2) is 0 Å². The highest BCUT2D eigenvalue weighted by Crippen LogP contribution is 2.68. The molecule has 2 aliphatic rings. The smallest absolute Gasteiger partial charge is 0.224 e. The Bertz CT molecular complexity index is 308. The van der Waals surface area contributed by atoms with Crippen LogP contribution < -0.4 is 10.6 Å². The second kappa shape index (κ2) is 3.98. The van der Waals surface area contributed by atoms with E-state index >= 15 is 0 Å². The summed E-state index contributed by atoms with van der Waals surface area (Å²) in [6.07, 6.45) is 2.11. The minimum atomic E-state index is 0.148. The Hall–Kier alpha value is -0.570. The average molecular weight is 238 g/mol. The molecule has 1 saturated carbocycles. The van der Waals surface area contributed by atoms with Gasteiger partial charge in [-0.15, -0.1) is 0 Å². The predicted octanol–water partition coefficient (Wildman–Crippen LogP) is 1.93. The van der Waals surface area contributed by atoms with Crippen molar-refractivity contribution in [3.8, 4) is 0 Å². The van der Waals surface area contributed by atoms with Gasteiger partial charge in [-0.3, -0.25) is 4.79 Å². The lowest BCUT2D eigenvalue weighted by atomic mass is 10.00. The van der Waals surface area contributed by atoms with Crippen LogP contribution in [0, 0.1) is 16.7 Å². The van der Waals surface area contributed by atoms with Crippen molar-refractivity contribution in [2.45, 2.75) is 59.5 Å². The van der Waals surface area contributed by atoms with Crippen molar-refractivity contribution in [1.29, 1.82) is 0 Å². The molecule has 17 heavy (non-hydrogen) atoms. The van der Waals surface area contributed by atoms with E-state index < -0.39 is 0 Å². The van der Waals surface area contributed by atoms with E-state index in [0.29, 0.717) is 12.1 Å². The fraction of sp³-hybridized carbons (Fsp3) is 0.929. The molecule has 2 unspecified atom stereocenters. The van der Waals surface area contributed by atoms with Gasteiger partial charge in [0, 0.05) is 18.0 Å². The van der Waals surface area contributed by atoms with Gasteiger partial charge < -0.3 is 10.6 Å². The summed E-state index contributed by atoms with van der Waals surface area (Å²) in [4.78, 5) is 12.3. The van der Waals surface area contributed by atoms with Crippen molar-refractivity contribution in [3.05, 3.63) is 0 Å². The molecular formula is C14H26N2O. The molecule has 1 aliphatic heterocycles. The molecule has 2 fully saturated rings. The van der Waals surface area contributed by atoms with Crippen LogP contribution in [0.25, 0.3) is 0 Å². The lowest BCUT2D eigenvalue weighted by Gasteiger charge is -2.29. The predicted molar refractivity (Wildman–Crippen MR) is 69.7 cm³/mol. The van der Waals surface area contributed by atoms with Gasteiger partial charge in [-0.1, -0.05) is 27.7 Å². The molecule has 98 valence electrons. The first kappa shape index (κ1) is 12.9. The summed E-state index contributed by atoms with van der Waals surface area (Å²) in [7, 11) is 0. The quantitative estimate of drug-likeness (QED) is 0.772. The first-order valence-corrected chi connectivity index (χ1v) is 6.80. The number of nitrogens with one attached hydrogen (secondary N) is 2. The van der Waals surface area contributed by atoms with E-state index in [4.69, 9.17) is 0 Å². The van der Waals surface area contributed by atoms with Crippen LogP contribution in [-0.2, 0) is 4.79 Å². The highest BCUT2D eigenvalue weighted by Gasteiger charge is 2.68. The molecule has 1 heterocycles. The maximum Gasteiger partial charge on any atom is 0.224 e. The van der Waals surface area contributed by atoms with Crippen LogP contribution in [0.15, 0.2) is 0 Å². The zero-order chi connectivity index (χ0) is 12.8. The lowest BCUT2D eigenvalue weighted by Crippen LogP contribution is -2.47. The summed E-state index contributed by atoms with van der Waals surface area (Å²) in [5.41, 5.74) is 0.297. The number of hydrogen-bond donors (Lipinski definition) is 2. The van der Waals surface area contributed by atoms with Crippen molar-refractivity contribution in [1.82, 2.24) is 10.6 Å². The Morgan fingerprint density at radius 3 is 2.29 bits per heavy atom. The first-order valence-electron chi connectivity index (χ1n) is 6.80. The highest BCUT2D eigenvalue weighted by atomic mass is 16.2. The maximum atomic E-state index is 12.3. The third kappa shape index (κ3) is 2.10. The Morgan fingerprint density at radius 2 is 1.82 bits per heavy atom. The molecule has 3 heteroatoms. The van der Waals surface area contributed by atoms with E-state index in [2.05, 4.69) is 45.3 Å². The van der Waals surface area contributed by atoms with Crippen molar-refractivity contribution < 1.29 is 4.79 Å². The van der Waals surface area contributed by atoms with Crippen molar-refractivity contribution in [3.63, 3.8) is 0 Å². The lowest BCUT2D eigenvalue weighted by molar-refractivity contribution is -0.124. The Morgan fingerprint density at radius 1 is 1.24 bits per heavy atom. The highest BCUT2D eigenvalue weighted by molar-refractivity contribution is 5.84. The van der Waals surface area contributed by atoms with Crippen LogP contribution in [0.4, 0.5) is 0 Å². The summed E-state index contributed by atoms with van der Waals surface area (Å²) in [6.45, 7) is 12.0. The van der Waals surface area contributed by atoms with Crippen molar-refractivity contribution in [2.24, 2.45) is 16.7 Å². The van der Waals surface area contributed by atoms with Gasteiger partial charge in [-0.05, 0) is 37.1 Å². The third-order valence-electron chi connectivity index (χ3n) is 5.25. The summed E-state index contributed by atoms with van der Waals surface area (Å²) < 4.78 is 0. The maximum absolute atomic E-state index is 12.3. The normalized spacial score (nSPS) is 35.4. The second-order valence-corrected chi connectivity index (χ2v) is 6.96. The monoisotopic (exact) mass is 238 g/mol. The van der Waals surface area contributed by atoms with Crippen LogP contribution in [0.2, 0.25) is 0 Å². The van der Waals surface area contributed by atoms with Crippen LogP contribution in [0.3, 0.4) is 0 Å². The fourth-order valence-electron chi connectivity index (χ4n) is 3.40. The number of amides is 1. The number of rotatable bonds is 2. The zero-order valence-corrected chi connectivity index (χ0v) is 11.8. The minimum Gasteiger partial charge on any atom is -0.353 e. The number of hydrogen-bond acceptors (Lipinski definition) is 2. The molecule has 0 radical (unpaired) electrons. The van der Waals surface area contributed by atoms with E-state index in [9.17, 15) is 4.79 Å². The SMILES string of the molecule is CC1CC(NC(=O)C2C(C)(C)C2(C)C)CCN1. The Kier molecular flexibility index (Phi) is 3.01. The summed E-state index contributed by atoms with van der Waals surface area (Å²) in [5, 5.41) is 6.65. The molecule has 3 nitrogen and oxygen atoms in total. The summed E-state index contributed by atoms with van der Waals surface area (Å²) >= 11 is 0. The van der Waals surface area contributed by atoms with Gasteiger partial charge in [0.05, 0.1) is 0 Å². The van der Waals surface area contributed by atoms with E-state index in [0.717, 1.165) is 19.4 Å². The van der Waals surface area contributed by atoms with Crippen LogP contribution in [0.1, 0.15) is 47.5 Å². The minimum absolute atomic E-state index is 0.148. The molecule has 0 aromatic carbocycles. The van der Waals surface area contributed by atoms with Gasteiger partial charge in [0.2, 0.25) is 5.91 Å². The summed E-state index contributed by atoms with van der Waals surface area (Å²) in [6, 6.07) is 0.889. The van der Waals surface area contributed by atoms with Gasteiger partial charge in [0.1, 0.15) is 0 Å². The molecule has 1 amide bonds. The molecule has 0 aromatic heterocycles. The molecule has 1 aliphatic carbocycles. The van der Waals surface area contributed by atoms with Crippen molar-refractivity contribution >= 4 is 5.91 Å². The molecule has 2 N–H and O–H groups in total. The van der Waals surface area contributed by atoms with E-state index in [1.54, 1.807) is 0 Å². The molecule has 1 saturated heterocycles. The third-order valence-corrected chi connectivity index (χ3v) is 5.25. The largest absolute Gasteiger partial charge is 0.353 e. The molecule has 0 aromatic rings. The first-order chi connectivity index (χ1) is 7.76.